The second kappa shape index (κ2) is 5.03. The Morgan fingerprint density at radius 1 is 1.19 bits per heavy atom. The summed E-state index contributed by atoms with van der Waals surface area (Å²) in [6, 6.07) is 10.7. The van der Waals surface area contributed by atoms with Gasteiger partial charge in [0.2, 0.25) is 0 Å². The zero-order chi connectivity index (χ0) is 11.7. The number of benzene rings is 1. The summed E-state index contributed by atoms with van der Waals surface area (Å²) in [5, 5.41) is 0. The van der Waals surface area contributed by atoms with Gasteiger partial charge in [-0.25, -0.2) is 0 Å². The van der Waals surface area contributed by atoms with E-state index in [2.05, 4.69) is 76.0 Å². The molecule has 0 aliphatic carbocycles. The van der Waals surface area contributed by atoms with Gasteiger partial charge in [-0.2, -0.15) is 0 Å². The summed E-state index contributed by atoms with van der Waals surface area (Å²) in [6.45, 7) is 4.33. The quantitative estimate of drug-likeness (QED) is 0.611. The normalized spacial score (nSPS) is 12.8. The van der Waals surface area contributed by atoms with Gasteiger partial charge in [0.05, 0.1) is 4.83 Å². The van der Waals surface area contributed by atoms with Crippen LogP contribution >= 0.6 is 43.2 Å². The van der Waals surface area contributed by atoms with Crippen LogP contribution < -0.4 is 0 Å². The van der Waals surface area contributed by atoms with Crippen LogP contribution in [0.5, 0.6) is 0 Å². The lowest BCUT2D eigenvalue weighted by Gasteiger charge is -2.10. The molecule has 1 heterocycles. The molecule has 1 unspecified atom stereocenters. The third kappa shape index (κ3) is 2.58. The minimum absolute atomic E-state index is 0.287. The predicted octanol–water partition coefficient (Wildman–Crippen LogP) is 5.61. The molecule has 16 heavy (non-hydrogen) atoms. The van der Waals surface area contributed by atoms with Crippen molar-refractivity contribution in [2.45, 2.75) is 18.7 Å². The number of aryl methyl sites for hydroxylation is 2. The Balaban J connectivity index is 2.38. The van der Waals surface area contributed by atoms with E-state index in [0.29, 0.717) is 0 Å². The molecule has 0 saturated heterocycles. The first-order valence-corrected chi connectivity index (χ1v) is 7.57. The van der Waals surface area contributed by atoms with Crippen molar-refractivity contribution in [2.75, 3.05) is 0 Å². The van der Waals surface area contributed by atoms with E-state index < -0.39 is 0 Å². The lowest BCUT2D eigenvalue weighted by atomic mass is 10.1. The van der Waals surface area contributed by atoms with Gasteiger partial charge < -0.3 is 0 Å². The second-order valence-electron chi connectivity index (χ2n) is 3.79. The van der Waals surface area contributed by atoms with Crippen LogP contribution in [0.2, 0.25) is 0 Å². The molecule has 0 N–H and O–H groups in total. The first-order chi connectivity index (χ1) is 7.58. The predicted molar refractivity (Wildman–Crippen MR) is 78.7 cm³/mol. The third-order valence-corrected chi connectivity index (χ3v) is 4.99. The highest BCUT2D eigenvalue weighted by atomic mass is 79.9. The molecule has 2 aromatic rings. The molecule has 0 nitrogen and oxygen atoms in total. The van der Waals surface area contributed by atoms with Crippen molar-refractivity contribution < 1.29 is 0 Å². The summed E-state index contributed by atoms with van der Waals surface area (Å²) >= 11 is 9.14. The molecule has 0 radical (unpaired) electrons. The van der Waals surface area contributed by atoms with Crippen molar-refractivity contribution in [2.24, 2.45) is 0 Å². The second-order valence-corrected chi connectivity index (χ2v) is 7.08. The maximum atomic E-state index is 3.78. The third-order valence-electron chi connectivity index (χ3n) is 2.49. The van der Waals surface area contributed by atoms with Crippen molar-refractivity contribution in [3.63, 3.8) is 0 Å². The highest BCUT2D eigenvalue weighted by Crippen LogP contribution is 2.37. The molecule has 1 aromatic carbocycles. The van der Waals surface area contributed by atoms with Crippen LogP contribution in [0.1, 0.15) is 25.7 Å². The summed E-state index contributed by atoms with van der Waals surface area (Å²) in [4.78, 5) is 3.04. The standard InChI is InChI=1S/C13H12Br2S/c1-8-6-12(9(2)16-8)13(15)10-4-3-5-11(14)7-10/h3-7,13H,1-2H3. The van der Waals surface area contributed by atoms with E-state index in [1.165, 1.54) is 20.9 Å². The molecular formula is C13H12Br2S. The largest absolute Gasteiger partial charge is 0.146 e. The van der Waals surface area contributed by atoms with Crippen LogP contribution in [-0.4, -0.2) is 0 Å². The van der Waals surface area contributed by atoms with E-state index in [9.17, 15) is 0 Å². The average Bonchev–Trinajstić information content (AvgIpc) is 2.57. The first kappa shape index (κ1) is 12.3. The van der Waals surface area contributed by atoms with Gasteiger partial charge in [0, 0.05) is 14.2 Å². The number of rotatable bonds is 2. The molecule has 0 aliphatic rings. The van der Waals surface area contributed by atoms with Gasteiger partial charge in [0.1, 0.15) is 0 Å². The van der Waals surface area contributed by atoms with Crippen LogP contribution in [0.4, 0.5) is 0 Å². The van der Waals surface area contributed by atoms with E-state index in [1.807, 2.05) is 11.3 Å². The topological polar surface area (TPSA) is 0 Å². The van der Waals surface area contributed by atoms with Crippen LogP contribution in [0, 0.1) is 13.8 Å². The Morgan fingerprint density at radius 2 is 1.94 bits per heavy atom. The minimum atomic E-state index is 0.287. The summed E-state index contributed by atoms with van der Waals surface area (Å²) in [6.07, 6.45) is 0. The monoisotopic (exact) mass is 358 g/mol. The van der Waals surface area contributed by atoms with Gasteiger partial charge in [0.15, 0.2) is 0 Å². The van der Waals surface area contributed by atoms with Crippen LogP contribution in [0.25, 0.3) is 0 Å². The molecule has 0 aliphatic heterocycles. The summed E-state index contributed by atoms with van der Waals surface area (Å²) in [5.41, 5.74) is 2.66. The molecular weight excluding hydrogens is 348 g/mol. The number of hydrogen-bond donors (Lipinski definition) is 0. The molecule has 3 heteroatoms. The maximum absolute atomic E-state index is 3.78. The molecule has 2 rings (SSSR count). The Hall–Kier alpha value is -0.120. The number of hydrogen-bond acceptors (Lipinski definition) is 1. The van der Waals surface area contributed by atoms with E-state index in [1.54, 1.807) is 0 Å². The smallest absolute Gasteiger partial charge is 0.0655 e. The van der Waals surface area contributed by atoms with Crippen LogP contribution in [0.15, 0.2) is 34.8 Å². The van der Waals surface area contributed by atoms with Crippen molar-refractivity contribution in [3.05, 3.63) is 55.7 Å². The number of thiophene rings is 1. The molecule has 84 valence electrons. The zero-order valence-electron chi connectivity index (χ0n) is 9.13. The van der Waals surface area contributed by atoms with E-state index >= 15 is 0 Å². The summed E-state index contributed by atoms with van der Waals surface area (Å²) in [5.74, 6) is 0. The average molecular weight is 360 g/mol. The lowest BCUT2D eigenvalue weighted by Crippen LogP contribution is -1.92. The number of alkyl halides is 1. The van der Waals surface area contributed by atoms with Crippen molar-refractivity contribution in [3.8, 4) is 0 Å². The van der Waals surface area contributed by atoms with Crippen molar-refractivity contribution in [1.29, 1.82) is 0 Å². The Morgan fingerprint density at radius 3 is 2.50 bits per heavy atom. The summed E-state index contributed by atoms with van der Waals surface area (Å²) in [7, 11) is 0. The van der Waals surface area contributed by atoms with Gasteiger partial charge >= 0.3 is 0 Å². The molecule has 0 amide bonds. The van der Waals surface area contributed by atoms with E-state index in [4.69, 9.17) is 0 Å². The Labute approximate surface area is 117 Å². The SMILES string of the molecule is Cc1cc(C(Br)c2cccc(Br)c2)c(C)s1. The Bertz CT molecular complexity index is 502. The van der Waals surface area contributed by atoms with Gasteiger partial charge in [0.25, 0.3) is 0 Å². The fraction of sp³-hybridized carbons (Fsp3) is 0.231. The fourth-order valence-corrected chi connectivity index (χ4v) is 4.04. The van der Waals surface area contributed by atoms with Gasteiger partial charge in [-0.05, 0) is 43.2 Å². The molecule has 1 aromatic heterocycles. The highest BCUT2D eigenvalue weighted by molar-refractivity contribution is 9.10. The fourth-order valence-electron chi connectivity index (χ4n) is 1.75. The van der Waals surface area contributed by atoms with E-state index in [0.717, 1.165) is 4.47 Å². The molecule has 0 spiro atoms. The summed E-state index contributed by atoms with van der Waals surface area (Å²) < 4.78 is 1.12. The lowest BCUT2D eigenvalue weighted by molar-refractivity contribution is 1.16. The van der Waals surface area contributed by atoms with Gasteiger partial charge in [-0.1, -0.05) is 44.0 Å². The van der Waals surface area contributed by atoms with Crippen molar-refractivity contribution >= 4 is 43.2 Å². The first-order valence-electron chi connectivity index (χ1n) is 5.04. The minimum Gasteiger partial charge on any atom is -0.146 e. The van der Waals surface area contributed by atoms with E-state index in [-0.39, 0.29) is 4.83 Å². The number of halogens is 2. The molecule has 0 fully saturated rings. The Kier molecular flexibility index (Phi) is 3.88. The molecule has 0 saturated carbocycles. The van der Waals surface area contributed by atoms with Gasteiger partial charge in [-0.3, -0.25) is 0 Å². The molecule has 1 atom stereocenters. The molecule has 0 bridgehead atoms. The van der Waals surface area contributed by atoms with Gasteiger partial charge in [-0.15, -0.1) is 11.3 Å². The van der Waals surface area contributed by atoms with Crippen molar-refractivity contribution in [1.82, 2.24) is 0 Å². The zero-order valence-corrected chi connectivity index (χ0v) is 13.1. The van der Waals surface area contributed by atoms with Crippen LogP contribution in [0.3, 0.4) is 0 Å². The maximum Gasteiger partial charge on any atom is 0.0655 e. The highest BCUT2D eigenvalue weighted by Gasteiger charge is 2.14. The van der Waals surface area contributed by atoms with Crippen LogP contribution in [-0.2, 0) is 0 Å².